The molecular formula is C10H14NO2+. The maximum atomic E-state index is 9.47. The molecule has 0 saturated carbocycles. The van der Waals surface area contributed by atoms with Gasteiger partial charge in [0.2, 0.25) is 11.4 Å². The lowest BCUT2D eigenvalue weighted by Gasteiger charge is -2.06. The Hall–Kier alpha value is -1.51. The van der Waals surface area contributed by atoms with Crippen LogP contribution in [0.5, 0.6) is 11.5 Å². The fraction of sp³-hybridized carbons (Fsp3) is 0.300. The molecule has 3 nitrogen and oxygen atoms in total. The van der Waals surface area contributed by atoms with E-state index in [1.54, 1.807) is 18.3 Å². The molecule has 0 spiro atoms. The van der Waals surface area contributed by atoms with Gasteiger partial charge in [-0.1, -0.05) is 12.7 Å². The molecule has 1 heterocycles. The van der Waals surface area contributed by atoms with Crippen molar-refractivity contribution in [2.45, 2.75) is 6.92 Å². The van der Waals surface area contributed by atoms with Crippen molar-refractivity contribution >= 4 is 0 Å². The first kappa shape index (κ1) is 9.58. The summed E-state index contributed by atoms with van der Waals surface area (Å²) in [7, 11) is 1.90. The van der Waals surface area contributed by atoms with Gasteiger partial charge in [0.05, 0.1) is 0 Å². The number of aromatic hydroxyl groups is 1. The Labute approximate surface area is 77.9 Å². The molecule has 0 aromatic carbocycles. The van der Waals surface area contributed by atoms with Crippen molar-refractivity contribution < 1.29 is 14.4 Å². The van der Waals surface area contributed by atoms with Gasteiger partial charge in [0.25, 0.3) is 0 Å². The molecule has 0 bridgehead atoms. The molecule has 0 amide bonds. The summed E-state index contributed by atoms with van der Waals surface area (Å²) in [6.45, 7) is 5.83. The molecule has 0 unspecified atom stereocenters. The quantitative estimate of drug-likeness (QED) is 0.558. The SMILES string of the molecule is C=CCOc1c(O)cc[n+](C)c1C. The van der Waals surface area contributed by atoms with E-state index in [4.69, 9.17) is 4.74 Å². The molecule has 13 heavy (non-hydrogen) atoms. The highest BCUT2D eigenvalue weighted by Gasteiger charge is 2.13. The normalized spacial score (nSPS) is 9.69. The van der Waals surface area contributed by atoms with Crippen LogP contribution in [0, 0.1) is 6.92 Å². The van der Waals surface area contributed by atoms with Crippen LogP contribution in [0.15, 0.2) is 24.9 Å². The zero-order valence-electron chi connectivity index (χ0n) is 7.95. The number of rotatable bonds is 3. The number of nitrogens with zero attached hydrogens (tertiary/aromatic N) is 1. The van der Waals surface area contributed by atoms with E-state index in [2.05, 4.69) is 6.58 Å². The minimum absolute atomic E-state index is 0.164. The summed E-state index contributed by atoms with van der Waals surface area (Å²) in [6, 6.07) is 1.60. The number of aromatic nitrogens is 1. The van der Waals surface area contributed by atoms with Crippen molar-refractivity contribution in [3.63, 3.8) is 0 Å². The Kier molecular flexibility index (Phi) is 2.90. The third-order valence-electron chi connectivity index (χ3n) is 1.89. The van der Waals surface area contributed by atoms with Gasteiger partial charge in [0.1, 0.15) is 13.7 Å². The van der Waals surface area contributed by atoms with E-state index in [0.29, 0.717) is 12.4 Å². The Morgan fingerprint density at radius 2 is 2.38 bits per heavy atom. The largest absolute Gasteiger partial charge is 0.504 e. The lowest BCUT2D eigenvalue weighted by molar-refractivity contribution is -0.678. The minimum Gasteiger partial charge on any atom is -0.504 e. The van der Waals surface area contributed by atoms with Gasteiger partial charge in [-0.25, -0.2) is 4.57 Å². The van der Waals surface area contributed by atoms with E-state index in [0.717, 1.165) is 5.69 Å². The second kappa shape index (κ2) is 3.94. The summed E-state index contributed by atoms with van der Waals surface area (Å²) in [5.74, 6) is 0.683. The van der Waals surface area contributed by atoms with Gasteiger partial charge in [-0.2, -0.15) is 0 Å². The van der Waals surface area contributed by atoms with Gasteiger partial charge in [0.15, 0.2) is 11.9 Å². The molecule has 0 aliphatic rings. The van der Waals surface area contributed by atoms with Crippen molar-refractivity contribution in [3.05, 3.63) is 30.6 Å². The summed E-state index contributed by atoms with van der Waals surface area (Å²) in [5, 5.41) is 9.47. The lowest BCUT2D eigenvalue weighted by atomic mass is 10.3. The maximum absolute atomic E-state index is 9.47. The number of hydrogen-bond acceptors (Lipinski definition) is 2. The zero-order valence-corrected chi connectivity index (χ0v) is 7.95. The Bertz CT molecular complexity index is 321. The predicted molar refractivity (Wildman–Crippen MR) is 49.7 cm³/mol. The van der Waals surface area contributed by atoms with Crippen LogP contribution in [0.4, 0.5) is 0 Å². The van der Waals surface area contributed by atoms with Crippen LogP contribution in [0.3, 0.4) is 0 Å². The average molecular weight is 180 g/mol. The van der Waals surface area contributed by atoms with E-state index in [1.165, 1.54) is 0 Å². The molecule has 1 aromatic heterocycles. The smallest absolute Gasteiger partial charge is 0.229 e. The summed E-state index contributed by atoms with van der Waals surface area (Å²) in [4.78, 5) is 0. The van der Waals surface area contributed by atoms with Gasteiger partial charge in [-0.05, 0) is 0 Å². The fourth-order valence-corrected chi connectivity index (χ4v) is 1.04. The second-order valence-electron chi connectivity index (χ2n) is 2.83. The lowest BCUT2D eigenvalue weighted by Crippen LogP contribution is -2.31. The fourth-order valence-electron chi connectivity index (χ4n) is 1.04. The van der Waals surface area contributed by atoms with Crippen LogP contribution in [0.1, 0.15) is 5.69 Å². The molecule has 70 valence electrons. The molecular weight excluding hydrogens is 166 g/mol. The maximum Gasteiger partial charge on any atom is 0.229 e. The van der Waals surface area contributed by atoms with Crippen LogP contribution in [-0.4, -0.2) is 11.7 Å². The second-order valence-corrected chi connectivity index (χ2v) is 2.83. The molecule has 0 saturated heterocycles. The third kappa shape index (κ3) is 1.99. The third-order valence-corrected chi connectivity index (χ3v) is 1.89. The van der Waals surface area contributed by atoms with Crippen molar-refractivity contribution in [2.24, 2.45) is 7.05 Å². The Balaban J connectivity index is 3.02. The number of ether oxygens (including phenoxy) is 1. The van der Waals surface area contributed by atoms with E-state index in [-0.39, 0.29) is 5.75 Å². The monoisotopic (exact) mass is 180 g/mol. The van der Waals surface area contributed by atoms with Gasteiger partial charge in [0, 0.05) is 13.0 Å². The van der Waals surface area contributed by atoms with E-state index >= 15 is 0 Å². The van der Waals surface area contributed by atoms with Crippen molar-refractivity contribution in [1.29, 1.82) is 0 Å². The van der Waals surface area contributed by atoms with Crippen molar-refractivity contribution in [2.75, 3.05) is 6.61 Å². The molecule has 3 heteroatoms. The van der Waals surface area contributed by atoms with Gasteiger partial charge >= 0.3 is 0 Å². The zero-order chi connectivity index (χ0) is 9.84. The standard InChI is InChI=1S/C10H13NO2/c1-4-7-13-10-8(2)11(3)6-5-9(10)12/h4-6H,1,7H2,2-3H3/p+1. The van der Waals surface area contributed by atoms with Crippen LogP contribution < -0.4 is 9.30 Å². The van der Waals surface area contributed by atoms with E-state index in [9.17, 15) is 5.11 Å². The molecule has 1 rings (SSSR count). The predicted octanol–water partition coefficient (Wildman–Crippen LogP) is 1.09. The molecule has 0 aliphatic heterocycles. The number of aryl methyl sites for hydroxylation is 1. The highest BCUT2D eigenvalue weighted by Crippen LogP contribution is 2.26. The summed E-state index contributed by atoms with van der Waals surface area (Å²) < 4.78 is 7.20. The first-order chi connectivity index (χ1) is 6.16. The summed E-state index contributed by atoms with van der Waals surface area (Å²) >= 11 is 0. The average Bonchev–Trinajstić information content (AvgIpc) is 2.12. The van der Waals surface area contributed by atoms with Crippen LogP contribution in [0.25, 0.3) is 0 Å². The Morgan fingerprint density at radius 3 is 3.00 bits per heavy atom. The van der Waals surface area contributed by atoms with Crippen LogP contribution in [-0.2, 0) is 7.05 Å². The molecule has 1 N–H and O–H groups in total. The van der Waals surface area contributed by atoms with Crippen molar-refractivity contribution in [3.8, 4) is 11.5 Å². The first-order valence-corrected chi connectivity index (χ1v) is 4.08. The van der Waals surface area contributed by atoms with Gasteiger partial charge in [-0.15, -0.1) is 0 Å². The molecule has 1 aromatic rings. The first-order valence-electron chi connectivity index (χ1n) is 4.08. The highest BCUT2D eigenvalue weighted by molar-refractivity contribution is 5.38. The van der Waals surface area contributed by atoms with E-state index in [1.807, 2.05) is 18.5 Å². The highest BCUT2D eigenvalue weighted by atomic mass is 16.5. The molecule has 0 fully saturated rings. The number of pyridine rings is 1. The van der Waals surface area contributed by atoms with Gasteiger partial charge in [-0.3, -0.25) is 0 Å². The van der Waals surface area contributed by atoms with E-state index < -0.39 is 0 Å². The van der Waals surface area contributed by atoms with Gasteiger partial charge < -0.3 is 9.84 Å². The van der Waals surface area contributed by atoms with Crippen molar-refractivity contribution in [1.82, 2.24) is 0 Å². The summed E-state index contributed by atoms with van der Waals surface area (Å²) in [5.41, 5.74) is 0.891. The molecule has 0 radical (unpaired) electrons. The molecule has 0 aliphatic carbocycles. The molecule has 0 atom stereocenters. The number of hydrogen-bond donors (Lipinski definition) is 1. The van der Waals surface area contributed by atoms with Crippen LogP contribution >= 0.6 is 0 Å². The van der Waals surface area contributed by atoms with Crippen LogP contribution in [0.2, 0.25) is 0 Å². The summed E-state index contributed by atoms with van der Waals surface area (Å²) in [6.07, 6.45) is 3.43. The topological polar surface area (TPSA) is 33.3 Å². The Morgan fingerprint density at radius 1 is 1.69 bits per heavy atom. The minimum atomic E-state index is 0.164.